The predicted octanol–water partition coefficient (Wildman–Crippen LogP) is 3.88. The number of Topliss-reactive ketones (excluding diaryl/α,β-unsaturated/α-hetero) is 2. The Bertz CT molecular complexity index is 397. The third-order valence-electron chi connectivity index (χ3n) is 2.73. The van der Waals surface area contributed by atoms with Gasteiger partial charge in [-0.2, -0.15) is 0 Å². The smallest absolute Gasteiger partial charge is 0.164 e. The van der Waals surface area contributed by atoms with Crippen LogP contribution in [0.3, 0.4) is 0 Å². The maximum Gasteiger partial charge on any atom is 0.164 e. The van der Waals surface area contributed by atoms with E-state index in [2.05, 4.69) is 0 Å². The van der Waals surface area contributed by atoms with E-state index < -0.39 is 11.6 Å². The Labute approximate surface area is 121 Å². The molecule has 0 aliphatic heterocycles. The van der Waals surface area contributed by atoms with Gasteiger partial charge in [0.25, 0.3) is 0 Å². The highest BCUT2D eigenvalue weighted by Crippen LogP contribution is 2.25. The van der Waals surface area contributed by atoms with Crippen molar-refractivity contribution in [2.24, 2.45) is 11.8 Å². The van der Waals surface area contributed by atoms with Gasteiger partial charge in [-0.1, -0.05) is 27.7 Å². The maximum atomic E-state index is 11.8. The molecule has 0 aliphatic carbocycles. The zero-order chi connectivity index (χ0) is 16.0. The number of ketones is 2. The Morgan fingerprint density at radius 2 is 1.00 bits per heavy atom. The molecule has 0 amide bonds. The van der Waals surface area contributed by atoms with Crippen molar-refractivity contribution in [1.82, 2.24) is 0 Å². The summed E-state index contributed by atoms with van der Waals surface area (Å²) in [6.07, 6.45) is 0.585. The minimum atomic E-state index is -0.413. The lowest BCUT2D eigenvalue weighted by Crippen LogP contribution is -2.15. The summed E-state index contributed by atoms with van der Waals surface area (Å²) < 4.78 is 0. The standard InChI is InChI=1S/C16H26O4/c1-9(2)7-13(19)15(11(5)17)16(12(6)18)14(20)8-10(3)4/h9-10,19-20H,7-8H2,1-6H3. The first-order chi connectivity index (χ1) is 9.07. The van der Waals surface area contributed by atoms with Gasteiger partial charge in [0.15, 0.2) is 11.6 Å². The van der Waals surface area contributed by atoms with Gasteiger partial charge in [-0.05, 0) is 25.7 Å². The molecule has 0 bridgehead atoms. The summed E-state index contributed by atoms with van der Waals surface area (Å²) in [4.78, 5) is 23.6. The van der Waals surface area contributed by atoms with Crippen LogP contribution in [0.2, 0.25) is 0 Å². The summed E-state index contributed by atoms with van der Waals surface area (Å²) in [5, 5.41) is 20.2. The molecule has 0 atom stereocenters. The van der Waals surface area contributed by atoms with E-state index in [1.807, 2.05) is 27.7 Å². The molecule has 4 nitrogen and oxygen atoms in total. The Balaban J connectivity index is 5.96. The summed E-state index contributed by atoms with van der Waals surface area (Å²) in [6, 6.07) is 0. The molecule has 0 aromatic heterocycles. The highest BCUT2D eigenvalue weighted by molar-refractivity contribution is 6.11. The second kappa shape index (κ2) is 7.88. The number of hydrogen-bond donors (Lipinski definition) is 2. The number of allylic oxidation sites excluding steroid dienone is 4. The molecule has 0 aromatic rings. The van der Waals surface area contributed by atoms with Crippen LogP contribution in [-0.4, -0.2) is 21.8 Å². The van der Waals surface area contributed by atoms with Gasteiger partial charge < -0.3 is 10.2 Å². The molecule has 0 saturated heterocycles. The highest BCUT2D eigenvalue weighted by Gasteiger charge is 2.24. The van der Waals surface area contributed by atoms with Crippen molar-refractivity contribution >= 4 is 11.6 Å². The van der Waals surface area contributed by atoms with Crippen molar-refractivity contribution in [3.05, 3.63) is 22.7 Å². The Kier molecular flexibility index (Phi) is 7.25. The average molecular weight is 282 g/mol. The third kappa shape index (κ3) is 5.59. The van der Waals surface area contributed by atoms with E-state index in [1.165, 1.54) is 13.8 Å². The quantitative estimate of drug-likeness (QED) is 0.422. The van der Waals surface area contributed by atoms with Gasteiger partial charge in [-0.3, -0.25) is 9.59 Å². The number of hydrogen-bond acceptors (Lipinski definition) is 4. The topological polar surface area (TPSA) is 74.6 Å². The van der Waals surface area contributed by atoms with Gasteiger partial charge in [0.1, 0.15) is 11.5 Å². The van der Waals surface area contributed by atoms with Crippen LogP contribution in [0.15, 0.2) is 22.7 Å². The molecule has 0 rings (SSSR count). The normalized spacial score (nSPS) is 14.2. The first-order valence-electron chi connectivity index (χ1n) is 6.94. The number of rotatable bonds is 7. The Morgan fingerprint density at radius 1 is 0.750 bits per heavy atom. The lowest BCUT2D eigenvalue weighted by atomic mass is 9.91. The SMILES string of the molecule is CC(=O)C(=C(O)CC(C)C)C(C(C)=O)=C(O)CC(C)C. The molecule has 0 spiro atoms. The fourth-order valence-electron chi connectivity index (χ4n) is 2.02. The molecular formula is C16H26O4. The summed E-state index contributed by atoms with van der Waals surface area (Å²) in [5.41, 5.74) is -0.103. The molecule has 2 N–H and O–H groups in total. The van der Waals surface area contributed by atoms with Gasteiger partial charge in [0.05, 0.1) is 11.1 Å². The van der Waals surface area contributed by atoms with Crippen molar-refractivity contribution in [3.8, 4) is 0 Å². The molecule has 4 heteroatoms. The lowest BCUT2D eigenvalue weighted by molar-refractivity contribution is -0.116. The van der Waals surface area contributed by atoms with Crippen molar-refractivity contribution in [3.63, 3.8) is 0 Å². The summed E-state index contributed by atoms with van der Waals surface area (Å²) in [6.45, 7) is 10.2. The van der Waals surface area contributed by atoms with Gasteiger partial charge in [-0.25, -0.2) is 0 Å². The van der Waals surface area contributed by atoms with E-state index >= 15 is 0 Å². The highest BCUT2D eigenvalue weighted by atomic mass is 16.3. The molecule has 0 unspecified atom stereocenters. The number of aliphatic hydroxyl groups excluding tert-OH is 2. The fraction of sp³-hybridized carbons (Fsp3) is 0.625. The third-order valence-corrected chi connectivity index (χ3v) is 2.73. The molecule has 0 fully saturated rings. The molecule has 114 valence electrons. The maximum absolute atomic E-state index is 11.8. The van der Waals surface area contributed by atoms with Crippen LogP contribution in [0.5, 0.6) is 0 Å². The zero-order valence-electron chi connectivity index (χ0n) is 13.3. The number of carbonyl (C=O) groups excluding carboxylic acids is 2. The second-order valence-electron chi connectivity index (χ2n) is 5.95. The van der Waals surface area contributed by atoms with E-state index in [0.29, 0.717) is 12.8 Å². The molecule has 0 radical (unpaired) electrons. The van der Waals surface area contributed by atoms with Crippen molar-refractivity contribution < 1.29 is 19.8 Å². The molecule has 0 aromatic carbocycles. The molecule has 0 heterocycles. The predicted molar refractivity (Wildman–Crippen MR) is 79.6 cm³/mol. The molecular weight excluding hydrogens is 256 g/mol. The van der Waals surface area contributed by atoms with E-state index in [4.69, 9.17) is 0 Å². The van der Waals surface area contributed by atoms with Crippen LogP contribution in [0.1, 0.15) is 54.4 Å². The lowest BCUT2D eigenvalue weighted by Gasteiger charge is -2.15. The minimum absolute atomic E-state index is 0.0515. The number of aliphatic hydroxyl groups is 2. The average Bonchev–Trinajstić information content (AvgIpc) is 2.21. The van der Waals surface area contributed by atoms with E-state index in [0.717, 1.165) is 0 Å². The number of carbonyl (C=O) groups is 2. The van der Waals surface area contributed by atoms with Crippen molar-refractivity contribution in [2.75, 3.05) is 0 Å². The van der Waals surface area contributed by atoms with Crippen molar-refractivity contribution in [1.29, 1.82) is 0 Å². The van der Waals surface area contributed by atoms with Crippen molar-refractivity contribution in [2.45, 2.75) is 54.4 Å². The van der Waals surface area contributed by atoms with Crippen LogP contribution < -0.4 is 0 Å². The van der Waals surface area contributed by atoms with Crippen LogP contribution in [0.25, 0.3) is 0 Å². The van der Waals surface area contributed by atoms with E-state index in [-0.39, 0.29) is 34.5 Å². The monoisotopic (exact) mass is 282 g/mol. The van der Waals surface area contributed by atoms with Crippen LogP contribution in [0, 0.1) is 11.8 Å². The van der Waals surface area contributed by atoms with Crippen LogP contribution in [0.4, 0.5) is 0 Å². The summed E-state index contributed by atoms with van der Waals surface area (Å²) in [5.74, 6) is -0.803. The molecule has 0 aliphatic rings. The van der Waals surface area contributed by atoms with Crippen LogP contribution >= 0.6 is 0 Å². The first-order valence-corrected chi connectivity index (χ1v) is 6.94. The fourth-order valence-corrected chi connectivity index (χ4v) is 2.02. The summed E-state index contributed by atoms with van der Waals surface area (Å²) in [7, 11) is 0. The van der Waals surface area contributed by atoms with Gasteiger partial charge in [-0.15, -0.1) is 0 Å². The van der Waals surface area contributed by atoms with E-state index in [1.54, 1.807) is 0 Å². The molecule has 0 saturated carbocycles. The van der Waals surface area contributed by atoms with E-state index in [9.17, 15) is 19.8 Å². The Morgan fingerprint density at radius 3 is 1.15 bits per heavy atom. The van der Waals surface area contributed by atoms with Gasteiger partial charge >= 0.3 is 0 Å². The zero-order valence-corrected chi connectivity index (χ0v) is 13.3. The summed E-state index contributed by atoms with van der Waals surface area (Å²) >= 11 is 0. The van der Waals surface area contributed by atoms with Gasteiger partial charge in [0.2, 0.25) is 0 Å². The molecule has 20 heavy (non-hydrogen) atoms. The Hall–Kier alpha value is -1.58. The van der Waals surface area contributed by atoms with Gasteiger partial charge in [0, 0.05) is 12.8 Å². The van der Waals surface area contributed by atoms with Crippen LogP contribution in [-0.2, 0) is 9.59 Å². The minimum Gasteiger partial charge on any atom is -0.512 e. The largest absolute Gasteiger partial charge is 0.512 e. The first kappa shape index (κ1) is 18.4. The second-order valence-corrected chi connectivity index (χ2v) is 5.95.